The van der Waals surface area contributed by atoms with Crippen molar-refractivity contribution in [3.8, 4) is 5.75 Å². The van der Waals surface area contributed by atoms with E-state index in [2.05, 4.69) is 15.6 Å². The molecule has 0 spiro atoms. The lowest BCUT2D eigenvalue weighted by Gasteiger charge is -2.12. The van der Waals surface area contributed by atoms with Crippen molar-refractivity contribution in [2.75, 3.05) is 14.2 Å². The normalized spacial score (nSPS) is 12.5. The number of carbonyl (C=O) groups excluding carboxylic acids is 1. The molecule has 0 aliphatic rings. The number of hydrogen-bond donors (Lipinski definition) is 0. The van der Waals surface area contributed by atoms with Crippen molar-refractivity contribution in [1.82, 2.24) is 9.55 Å². The molecule has 5 heteroatoms. The molecule has 2 aromatic heterocycles. The summed E-state index contributed by atoms with van der Waals surface area (Å²) in [6.45, 7) is 4.63. The summed E-state index contributed by atoms with van der Waals surface area (Å²) in [7, 11) is 3.10. The number of ether oxygens (including phenoxy) is 2. The Labute approximate surface area is 141 Å². The van der Waals surface area contributed by atoms with E-state index in [1.54, 1.807) is 7.11 Å². The Morgan fingerprint density at radius 1 is 1.25 bits per heavy atom. The molecule has 5 nitrogen and oxygen atoms in total. The number of rotatable bonds is 5. The van der Waals surface area contributed by atoms with Crippen LogP contribution in [0, 0.1) is 12.8 Å². The molecule has 1 atom stereocenters. The molecule has 0 saturated carbocycles. The highest BCUT2D eigenvalue weighted by Crippen LogP contribution is 2.33. The number of carbonyl (C=O) groups is 1. The molecule has 0 fully saturated rings. The van der Waals surface area contributed by atoms with E-state index in [1.807, 2.05) is 38.2 Å². The van der Waals surface area contributed by atoms with Gasteiger partial charge >= 0.3 is 5.97 Å². The number of methoxy groups -OCH3 is 2. The van der Waals surface area contributed by atoms with Crippen molar-refractivity contribution in [3.05, 3.63) is 36.2 Å². The molecule has 0 bridgehead atoms. The van der Waals surface area contributed by atoms with Gasteiger partial charge in [-0.2, -0.15) is 0 Å². The van der Waals surface area contributed by atoms with Crippen molar-refractivity contribution >= 4 is 27.8 Å². The number of pyridine rings is 1. The van der Waals surface area contributed by atoms with Crippen LogP contribution in [0.4, 0.5) is 0 Å². The maximum atomic E-state index is 11.7. The molecule has 3 rings (SSSR count). The van der Waals surface area contributed by atoms with E-state index in [0.29, 0.717) is 6.42 Å². The summed E-state index contributed by atoms with van der Waals surface area (Å²) in [4.78, 5) is 16.1. The van der Waals surface area contributed by atoms with E-state index in [1.165, 1.54) is 17.9 Å². The van der Waals surface area contributed by atoms with Gasteiger partial charge in [-0.3, -0.25) is 9.78 Å². The van der Waals surface area contributed by atoms with Crippen LogP contribution in [0.25, 0.3) is 21.8 Å². The number of hydrogen-bond acceptors (Lipinski definition) is 4. The molecule has 126 valence electrons. The number of aromatic nitrogens is 2. The summed E-state index contributed by atoms with van der Waals surface area (Å²) < 4.78 is 12.4. The maximum Gasteiger partial charge on any atom is 0.308 e. The van der Waals surface area contributed by atoms with Crippen LogP contribution in [-0.2, 0) is 16.1 Å². The Hall–Kier alpha value is -2.56. The summed E-state index contributed by atoms with van der Waals surface area (Å²) in [5.74, 6) is 0.492. The first-order valence-corrected chi connectivity index (χ1v) is 8.06. The van der Waals surface area contributed by atoms with Gasteiger partial charge in [-0.25, -0.2) is 0 Å². The summed E-state index contributed by atoms with van der Waals surface area (Å²) in [5, 5.41) is 2.34. The van der Waals surface area contributed by atoms with Gasteiger partial charge in [0.2, 0.25) is 0 Å². The van der Waals surface area contributed by atoms with Gasteiger partial charge in [0.1, 0.15) is 5.75 Å². The van der Waals surface area contributed by atoms with Gasteiger partial charge in [-0.1, -0.05) is 6.92 Å². The summed E-state index contributed by atoms with van der Waals surface area (Å²) in [6, 6.07) is 8.13. The fourth-order valence-electron chi connectivity index (χ4n) is 3.20. The molecule has 0 aliphatic carbocycles. The highest BCUT2D eigenvalue weighted by atomic mass is 16.5. The average molecular weight is 326 g/mol. The monoisotopic (exact) mass is 326 g/mol. The molecule has 1 aromatic carbocycles. The Bertz CT molecular complexity index is 898. The Balaban J connectivity index is 2.13. The van der Waals surface area contributed by atoms with Crippen molar-refractivity contribution < 1.29 is 14.3 Å². The quantitative estimate of drug-likeness (QED) is 0.671. The average Bonchev–Trinajstić information content (AvgIpc) is 2.93. The second kappa shape index (κ2) is 6.51. The number of fused-ring (bicyclic) bond motifs is 3. The minimum atomic E-state index is -0.178. The van der Waals surface area contributed by atoms with Crippen LogP contribution in [0.5, 0.6) is 5.75 Å². The minimum absolute atomic E-state index is 0.148. The number of esters is 1. The van der Waals surface area contributed by atoms with Gasteiger partial charge in [0, 0.05) is 29.6 Å². The van der Waals surface area contributed by atoms with E-state index in [-0.39, 0.29) is 11.9 Å². The Kier molecular flexibility index (Phi) is 4.42. The van der Waals surface area contributed by atoms with Crippen LogP contribution in [0.3, 0.4) is 0 Å². The zero-order chi connectivity index (χ0) is 17.3. The highest BCUT2D eigenvalue weighted by Gasteiger charge is 2.17. The van der Waals surface area contributed by atoms with E-state index in [0.717, 1.165) is 29.0 Å². The van der Waals surface area contributed by atoms with Crippen molar-refractivity contribution in [2.45, 2.75) is 26.8 Å². The first-order chi connectivity index (χ1) is 11.6. The fourth-order valence-corrected chi connectivity index (χ4v) is 3.20. The molecule has 24 heavy (non-hydrogen) atoms. The lowest BCUT2D eigenvalue weighted by atomic mass is 10.1. The van der Waals surface area contributed by atoms with Gasteiger partial charge in [0.15, 0.2) is 0 Å². The topological polar surface area (TPSA) is 53.4 Å². The van der Waals surface area contributed by atoms with Crippen LogP contribution >= 0.6 is 0 Å². The molecule has 3 aromatic rings. The molecule has 0 N–H and O–H groups in total. The van der Waals surface area contributed by atoms with Gasteiger partial charge in [-0.15, -0.1) is 0 Å². The zero-order valence-corrected chi connectivity index (χ0v) is 14.5. The van der Waals surface area contributed by atoms with Crippen LogP contribution in [0.1, 0.15) is 19.0 Å². The predicted octanol–water partition coefficient (Wildman–Crippen LogP) is 3.71. The minimum Gasteiger partial charge on any atom is -0.497 e. The molecular weight excluding hydrogens is 304 g/mol. The second-order valence-corrected chi connectivity index (χ2v) is 6.04. The first kappa shape index (κ1) is 16.3. The van der Waals surface area contributed by atoms with Crippen molar-refractivity contribution in [3.63, 3.8) is 0 Å². The molecule has 0 amide bonds. The third kappa shape index (κ3) is 2.70. The van der Waals surface area contributed by atoms with E-state index in [9.17, 15) is 4.79 Å². The van der Waals surface area contributed by atoms with Crippen LogP contribution < -0.4 is 4.74 Å². The molecular formula is C19H22N2O3. The van der Waals surface area contributed by atoms with Gasteiger partial charge < -0.3 is 14.0 Å². The summed E-state index contributed by atoms with van der Waals surface area (Å²) in [6.07, 6.45) is 2.54. The SMILES string of the molecule is COC(=O)C(C)CCn1c2cc(OC)ccc2c2ccnc(C)c21. The standard InChI is InChI=1S/C19H22N2O3/c1-12(19(22)24-4)8-10-21-17-11-14(23-3)5-6-15(17)16-7-9-20-13(2)18(16)21/h5-7,9,11-12H,8,10H2,1-4H3. The first-order valence-electron chi connectivity index (χ1n) is 8.06. The lowest BCUT2D eigenvalue weighted by molar-refractivity contribution is -0.145. The summed E-state index contributed by atoms with van der Waals surface area (Å²) in [5.41, 5.74) is 3.18. The molecule has 2 heterocycles. The number of nitrogens with zero attached hydrogens (tertiary/aromatic N) is 2. The van der Waals surface area contributed by atoms with Crippen LogP contribution in [-0.4, -0.2) is 29.7 Å². The van der Waals surface area contributed by atoms with Gasteiger partial charge in [0.05, 0.1) is 36.9 Å². The smallest absolute Gasteiger partial charge is 0.308 e. The molecule has 0 saturated heterocycles. The van der Waals surface area contributed by atoms with Crippen molar-refractivity contribution in [1.29, 1.82) is 0 Å². The predicted molar refractivity (Wildman–Crippen MR) is 94.3 cm³/mol. The van der Waals surface area contributed by atoms with Gasteiger partial charge in [0.25, 0.3) is 0 Å². The third-order valence-corrected chi connectivity index (χ3v) is 4.55. The molecule has 0 aliphatic heterocycles. The highest BCUT2D eigenvalue weighted by molar-refractivity contribution is 6.09. The van der Waals surface area contributed by atoms with E-state index in [4.69, 9.17) is 9.47 Å². The molecule has 1 unspecified atom stereocenters. The van der Waals surface area contributed by atoms with Gasteiger partial charge in [-0.05, 0) is 31.5 Å². The van der Waals surface area contributed by atoms with Crippen molar-refractivity contribution in [2.24, 2.45) is 5.92 Å². The Morgan fingerprint density at radius 3 is 2.75 bits per heavy atom. The number of benzene rings is 1. The Morgan fingerprint density at radius 2 is 2.04 bits per heavy atom. The second-order valence-electron chi connectivity index (χ2n) is 6.04. The fraction of sp³-hybridized carbons (Fsp3) is 0.368. The van der Waals surface area contributed by atoms with Crippen LogP contribution in [0.2, 0.25) is 0 Å². The summed E-state index contributed by atoms with van der Waals surface area (Å²) >= 11 is 0. The number of aryl methyl sites for hydroxylation is 2. The zero-order valence-electron chi connectivity index (χ0n) is 14.5. The largest absolute Gasteiger partial charge is 0.497 e. The van der Waals surface area contributed by atoms with Crippen LogP contribution in [0.15, 0.2) is 30.5 Å². The third-order valence-electron chi connectivity index (χ3n) is 4.55. The lowest BCUT2D eigenvalue weighted by Crippen LogP contribution is -2.15. The molecule has 0 radical (unpaired) electrons. The maximum absolute atomic E-state index is 11.7. The van der Waals surface area contributed by atoms with E-state index >= 15 is 0 Å². The van der Waals surface area contributed by atoms with E-state index < -0.39 is 0 Å².